The highest BCUT2D eigenvalue weighted by Crippen LogP contribution is 2.33. The summed E-state index contributed by atoms with van der Waals surface area (Å²) in [5.41, 5.74) is 3.95. The van der Waals surface area contributed by atoms with Crippen molar-refractivity contribution in [2.75, 3.05) is 12.4 Å². The van der Waals surface area contributed by atoms with Gasteiger partial charge in [-0.3, -0.25) is 4.98 Å². The molecule has 0 amide bonds. The van der Waals surface area contributed by atoms with E-state index in [9.17, 15) is 0 Å². The predicted molar refractivity (Wildman–Crippen MR) is 126 cm³/mol. The molecule has 0 saturated heterocycles. The number of benzene rings is 3. The summed E-state index contributed by atoms with van der Waals surface area (Å²) in [6.07, 6.45) is 3.54. The summed E-state index contributed by atoms with van der Waals surface area (Å²) in [6, 6.07) is 25.8. The molecular formula is C25H19N3O2S. The van der Waals surface area contributed by atoms with Crippen LogP contribution in [0.25, 0.3) is 21.3 Å². The van der Waals surface area contributed by atoms with Crippen molar-refractivity contribution in [1.29, 1.82) is 0 Å². The van der Waals surface area contributed by atoms with Gasteiger partial charge in [0.15, 0.2) is 5.13 Å². The largest absolute Gasteiger partial charge is 0.495 e. The maximum Gasteiger partial charge on any atom is 0.188 e. The Labute approximate surface area is 184 Å². The molecule has 152 valence electrons. The Morgan fingerprint density at radius 3 is 2.52 bits per heavy atom. The van der Waals surface area contributed by atoms with Crippen molar-refractivity contribution in [3.8, 4) is 28.4 Å². The second kappa shape index (κ2) is 8.45. The number of hydrogen-bond donors (Lipinski definition) is 1. The molecule has 1 N–H and O–H groups in total. The Morgan fingerprint density at radius 1 is 0.774 bits per heavy atom. The van der Waals surface area contributed by atoms with E-state index in [0.717, 1.165) is 49.4 Å². The number of ether oxygens (including phenoxy) is 2. The van der Waals surface area contributed by atoms with Crippen LogP contribution >= 0.6 is 11.3 Å². The summed E-state index contributed by atoms with van der Waals surface area (Å²) in [7, 11) is 1.64. The van der Waals surface area contributed by atoms with Crippen LogP contribution in [0, 0.1) is 0 Å². The van der Waals surface area contributed by atoms with Gasteiger partial charge in [0.25, 0.3) is 0 Å². The van der Waals surface area contributed by atoms with Crippen LogP contribution in [0.4, 0.5) is 10.8 Å². The number of hydrogen-bond acceptors (Lipinski definition) is 6. The molecule has 0 fully saturated rings. The van der Waals surface area contributed by atoms with Crippen LogP contribution in [-0.2, 0) is 0 Å². The van der Waals surface area contributed by atoms with Gasteiger partial charge in [-0.05, 0) is 48.0 Å². The molecule has 0 radical (unpaired) electrons. The predicted octanol–water partition coefficient (Wildman–Crippen LogP) is 6.90. The van der Waals surface area contributed by atoms with E-state index in [-0.39, 0.29) is 0 Å². The standard InChI is InChI=1S/C25H19N3O2S/c1-29-22-12-18(15-26-16-22)17-10-11-23-24(13-17)31-25(28-23)27-19-6-5-9-21(14-19)30-20-7-3-2-4-8-20/h2-16H,1H3,(H,27,28). The van der Waals surface area contributed by atoms with Crippen LogP contribution in [0.5, 0.6) is 17.2 Å². The van der Waals surface area contributed by atoms with Crippen molar-refractivity contribution in [1.82, 2.24) is 9.97 Å². The Balaban J connectivity index is 1.38. The van der Waals surface area contributed by atoms with Crippen molar-refractivity contribution in [3.05, 3.63) is 91.3 Å². The number of aromatic nitrogens is 2. The molecule has 5 rings (SSSR count). The summed E-state index contributed by atoms with van der Waals surface area (Å²) >= 11 is 1.61. The zero-order valence-electron chi connectivity index (χ0n) is 16.8. The van der Waals surface area contributed by atoms with E-state index in [0.29, 0.717) is 0 Å². The number of nitrogens with one attached hydrogen (secondary N) is 1. The first kappa shape index (κ1) is 19.1. The summed E-state index contributed by atoms with van der Waals surface area (Å²) in [6.45, 7) is 0. The van der Waals surface area contributed by atoms with Gasteiger partial charge in [-0.25, -0.2) is 4.98 Å². The third-order valence-electron chi connectivity index (χ3n) is 4.73. The van der Waals surface area contributed by atoms with Crippen molar-refractivity contribution in [3.63, 3.8) is 0 Å². The molecule has 6 heteroatoms. The first-order valence-corrected chi connectivity index (χ1v) is 10.6. The third-order valence-corrected chi connectivity index (χ3v) is 5.67. The Kier molecular flexibility index (Phi) is 5.21. The fraction of sp³-hybridized carbons (Fsp3) is 0.0400. The van der Waals surface area contributed by atoms with E-state index >= 15 is 0 Å². The normalized spacial score (nSPS) is 10.7. The van der Waals surface area contributed by atoms with Gasteiger partial charge in [0.2, 0.25) is 0 Å². The number of para-hydroxylation sites is 1. The maximum atomic E-state index is 5.93. The average molecular weight is 426 g/mol. The fourth-order valence-electron chi connectivity index (χ4n) is 3.23. The number of methoxy groups -OCH3 is 1. The molecule has 0 spiro atoms. The molecular weight excluding hydrogens is 406 g/mol. The molecule has 0 unspecified atom stereocenters. The minimum atomic E-state index is 0.738. The summed E-state index contributed by atoms with van der Waals surface area (Å²) in [4.78, 5) is 8.97. The van der Waals surface area contributed by atoms with Crippen LogP contribution < -0.4 is 14.8 Å². The van der Waals surface area contributed by atoms with E-state index in [1.54, 1.807) is 24.6 Å². The van der Waals surface area contributed by atoms with Gasteiger partial charge in [0, 0.05) is 23.5 Å². The number of fused-ring (bicyclic) bond motifs is 1. The van der Waals surface area contributed by atoms with Crippen molar-refractivity contribution in [2.24, 2.45) is 0 Å². The number of rotatable bonds is 6. The topological polar surface area (TPSA) is 56.3 Å². The van der Waals surface area contributed by atoms with Crippen LogP contribution in [0.15, 0.2) is 91.3 Å². The average Bonchev–Trinajstić information content (AvgIpc) is 3.21. The molecule has 0 bridgehead atoms. The number of nitrogens with zero attached hydrogens (tertiary/aromatic N) is 2. The molecule has 2 heterocycles. The van der Waals surface area contributed by atoms with Gasteiger partial charge in [0.05, 0.1) is 23.5 Å². The van der Waals surface area contributed by atoms with Crippen LogP contribution in [0.3, 0.4) is 0 Å². The Morgan fingerprint density at radius 2 is 1.65 bits per heavy atom. The lowest BCUT2D eigenvalue weighted by molar-refractivity contribution is 0.413. The lowest BCUT2D eigenvalue weighted by atomic mass is 10.1. The van der Waals surface area contributed by atoms with Crippen LogP contribution in [0.1, 0.15) is 0 Å². The lowest BCUT2D eigenvalue weighted by Crippen LogP contribution is -1.90. The third kappa shape index (κ3) is 4.34. The minimum Gasteiger partial charge on any atom is -0.495 e. The monoisotopic (exact) mass is 425 g/mol. The van der Waals surface area contributed by atoms with Gasteiger partial charge in [-0.2, -0.15) is 0 Å². The first-order valence-electron chi connectivity index (χ1n) is 9.77. The summed E-state index contributed by atoms with van der Waals surface area (Å²) < 4.78 is 12.3. The molecule has 3 aromatic carbocycles. The minimum absolute atomic E-state index is 0.738. The molecule has 0 aliphatic rings. The highest BCUT2D eigenvalue weighted by Gasteiger charge is 2.08. The van der Waals surface area contributed by atoms with Crippen LogP contribution in [0.2, 0.25) is 0 Å². The molecule has 0 aliphatic carbocycles. The lowest BCUT2D eigenvalue weighted by Gasteiger charge is -2.08. The zero-order valence-corrected chi connectivity index (χ0v) is 17.6. The SMILES string of the molecule is COc1cncc(-c2ccc3nc(Nc4cccc(Oc5ccccc5)c4)sc3c2)c1. The van der Waals surface area contributed by atoms with Crippen molar-refractivity contribution >= 4 is 32.4 Å². The maximum absolute atomic E-state index is 5.93. The molecule has 5 nitrogen and oxygen atoms in total. The van der Waals surface area contributed by atoms with E-state index in [2.05, 4.69) is 22.4 Å². The number of pyridine rings is 1. The van der Waals surface area contributed by atoms with E-state index in [4.69, 9.17) is 14.5 Å². The van der Waals surface area contributed by atoms with Gasteiger partial charge in [-0.1, -0.05) is 41.7 Å². The second-order valence-corrected chi connectivity index (χ2v) is 7.91. The quantitative estimate of drug-likeness (QED) is 0.321. The van der Waals surface area contributed by atoms with Crippen molar-refractivity contribution in [2.45, 2.75) is 0 Å². The van der Waals surface area contributed by atoms with Gasteiger partial charge in [0.1, 0.15) is 17.2 Å². The van der Waals surface area contributed by atoms with Gasteiger partial charge < -0.3 is 14.8 Å². The van der Waals surface area contributed by atoms with E-state index in [1.165, 1.54) is 0 Å². The molecule has 2 aromatic heterocycles. The highest BCUT2D eigenvalue weighted by molar-refractivity contribution is 7.22. The molecule has 31 heavy (non-hydrogen) atoms. The summed E-state index contributed by atoms with van der Waals surface area (Å²) in [5.74, 6) is 2.31. The fourth-order valence-corrected chi connectivity index (χ4v) is 4.16. The van der Waals surface area contributed by atoms with Gasteiger partial charge >= 0.3 is 0 Å². The van der Waals surface area contributed by atoms with E-state index in [1.807, 2.05) is 72.9 Å². The van der Waals surface area contributed by atoms with Crippen molar-refractivity contribution < 1.29 is 9.47 Å². The molecule has 0 atom stereocenters. The Hall–Kier alpha value is -3.90. The second-order valence-electron chi connectivity index (χ2n) is 6.88. The summed E-state index contributed by atoms with van der Waals surface area (Å²) in [5, 5.41) is 4.22. The number of anilines is 2. The molecule has 5 aromatic rings. The molecule has 0 saturated carbocycles. The van der Waals surface area contributed by atoms with Crippen LogP contribution in [-0.4, -0.2) is 17.1 Å². The van der Waals surface area contributed by atoms with E-state index < -0.39 is 0 Å². The van der Waals surface area contributed by atoms with Gasteiger partial charge in [-0.15, -0.1) is 0 Å². The first-order chi connectivity index (χ1) is 15.3. The zero-order chi connectivity index (χ0) is 21.0. The Bertz CT molecular complexity index is 1340. The molecule has 0 aliphatic heterocycles. The highest BCUT2D eigenvalue weighted by atomic mass is 32.1. The number of thiazole rings is 1. The smallest absolute Gasteiger partial charge is 0.188 e.